The van der Waals surface area contributed by atoms with Crippen LogP contribution in [0.3, 0.4) is 0 Å². The molecule has 3 nitrogen and oxygen atoms in total. The molecule has 72 valence electrons. The number of carboxylic acids is 1. The van der Waals surface area contributed by atoms with Gasteiger partial charge in [0.1, 0.15) is 0 Å². The molecule has 0 radical (unpaired) electrons. The zero-order valence-corrected chi connectivity index (χ0v) is 7.75. The molecule has 0 spiro atoms. The highest BCUT2D eigenvalue weighted by molar-refractivity contribution is 5.68. The van der Waals surface area contributed by atoms with E-state index in [1.165, 1.54) is 0 Å². The van der Waals surface area contributed by atoms with Crippen LogP contribution in [0.4, 0.5) is 0 Å². The second-order valence-electron chi connectivity index (χ2n) is 3.88. The van der Waals surface area contributed by atoms with Gasteiger partial charge >= 0.3 is 5.97 Å². The molecule has 0 atom stereocenters. The molecule has 0 saturated heterocycles. The third-order valence-electron chi connectivity index (χ3n) is 2.79. The summed E-state index contributed by atoms with van der Waals surface area (Å²) in [6.45, 7) is 0. The van der Waals surface area contributed by atoms with E-state index in [0.29, 0.717) is 0 Å². The first-order valence-corrected chi connectivity index (χ1v) is 4.82. The number of nitrogens with zero attached hydrogens (tertiary/aromatic N) is 1. The van der Waals surface area contributed by atoms with Crippen LogP contribution in [0, 0.1) is 16.7 Å². The molecule has 0 amide bonds. The first-order chi connectivity index (χ1) is 6.18. The first-order valence-electron chi connectivity index (χ1n) is 4.82. The average Bonchev–Trinajstić information content (AvgIpc) is 2.30. The maximum absolute atomic E-state index is 10.6. The fraction of sp³-hybridized carbons (Fsp3) is 0.800. The van der Waals surface area contributed by atoms with Crippen molar-refractivity contribution < 1.29 is 9.90 Å². The van der Waals surface area contributed by atoms with Gasteiger partial charge in [-0.1, -0.05) is 25.7 Å². The third kappa shape index (κ3) is 2.73. The summed E-state index contributed by atoms with van der Waals surface area (Å²) in [5.74, 6) is -0.844. The van der Waals surface area contributed by atoms with Gasteiger partial charge < -0.3 is 5.11 Å². The van der Waals surface area contributed by atoms with Crippen LogP contribution in [-0.4, -0.2) is 11.1 Å². The fourth-order valence-corrected chi connectivity index (χ4v) is 2.02. The van der Waals surface area contributed by atoms with Gasteiger partial charge in [0.15, 0.2) is 0 Å². The average molecular weight is 181 g/mol. The van der Waals surface area contributed by atoms with E-state index in [0.717, 1.165) is 38.5 Å². The van der Waals surface area contributed by atoms with Gasteiger partial charge in [-0.15, -0.1) is 0 Å². The summed E-state index contributed by atoms with van der Waals surface area (Å²) in [5.41, 5.74) is -0.567. The van der Waals surface area contributed by atoms with Gasteiger partial charge in [-0.25, -0.2) is 0 Å². The van der Waals surface area contributed by atoms with Crippen LogP contribution < -0.4 is 0 Å². The van der Waals surface area contributed by atoms with Crippen LogP contribution in [0.1, 0.15) is 44.9 Å². The lowest BCUT2D eigenvalue weighted by atomic mass is 9.79. The van der Waals surface area contributed by atoms with Crippen LogP contribution in [0.15, 0.2) is 0 Å². The van der Waals surface area contributed by atoms with Crippen molar-refractivity contribution in [2.75, 3.05) is 0 Å². The summed E-state index contributed by atoms with van der Waals surface area (Å²) < 4.78 is 0. The van der Waals surface area contributed by atoms with E-state index in [4.69, 9.17) is 10.4 Å². The molecular formula is C10H15NO2. The number of aliphatic carboxylic acids is 1. The molecule has 1 N–H and O–H groups in total. The molecule has 0 unspecified atom stereocenters. The minimum Gasteiger partial charge on any atom is -0.481 e. The zero-order chi connectivity index (χ0) is 9.73. The number of carbonyl (C=O) groups is 1. The van der Waals surface area contributed by atoms with Crippen LogP contribution >= 0.6 is 0 Å². The molecule has 1 saturated carbocycles. The second kappa shape index (κ2) is 4.27. The van der Waals surface area contributed by atoms with Gasteiger partial charge in [0.2, 0.25) is 0 Å². The van der Waals surface area contributed by atoms with E-state index in [1.807, 2.05) is 0 Å². The monoisotopic (exact) mass is 181 g/mol. The maximum Gasteiger partial charge on any atom is 0.304 e. The van der Waals surface area contributed by atoms with Crippen molar-refractivity contribution in [1.82, 2.24) is 0 Å². The van der Waals surface area contributed by atoms with E-state index in [9.17, 15) is 4.79 Å². The molecule has 0 aromatic rings. The quantitative estimate of drug-likeness (QED) is 0.665. The molecule has 13 heavy (non-hydrogen) atoms. The summed E-state index contributed by atoms with van der Waals surface area (Å²) in [5, 5.41) is 17.7. The molecule has 0 aliphatic heterocycles. The Balaban J connectivity index is 2.66. The molecule has 1 aliphatic rings. The van der Waals surface area contributed by atoms with Gasteiger partial charge in [-0.2, -0.15) is 5.26 Å². The van der Waals surface area contributed by atoms with Gasteiger partial charge in [-0.3, -0.25) is 4.79 Å². The second-order valence-corrected chi connectivity index (χ2v) is 3.88. The number of carboxylic acid groups (broad SMARTS) is 1. The standard InChI is InChI=1S/C10H15NO2/c11-8-10(7-9(12)13)5-3-1-2-4-6-10/h1-7H2,(H,12,13). The summed E-state index contributed by atoms with van der Waals surface area (Å²) in [6, 6.07) is 2.21. The Morgan fingerprint density at radius 1 is 1.31 bits per heavy atom. The Labute approximate surface area is 78.4 Å². The highest BCUT2D eigenvalue weighted by atomic mass is 16.4. The smallest absolute Gasteiger partial charge is 0.304 e. The summed E-state index contributed by atoms with van der Waals surface area (Å²) in [6.07, 6.45) is 5.82. The van der Waals surface area contributed by atoms with E-state index >= 15 is 0 Å². The molecule has 0 aromatic carbocycles. The van der Waals surface area contributed by atoms with Crippen molar-refractivity contribution in [2.45, 2.75) is 44.9 Å². The van der Waals surface area contributed by atoms with Crippen molar-refractivity contribution in [2.24, 2.45) is 5.41 Å². The zero-order valence-electron chi connectivity index (χ0n) is 7.75. The number of nitriles is 1. The highest BCUT2D eigenvalue weighted by Crippen LogP contribution is 2.37. The van der Waals surface area contributed by atoms with Crippen molar-refractivity contribution in [3.05, 3.63) is 0 Å². The van der Waals surface area contributed by atoms with Crippen molar-refractivity contribution in [3.63, 3.8) is 0 Å². The van der Waals surface area contributed by atoms with Crippen LogP contribution in [0.5, 0.6) is 0 Å². The minimum absolute atomic E-state index is 0.0174. The largest absolute Gasteiger partial charge is 0.481 e. The number of rotatable bonds is 2. The third-order valence-corrected chi connectivity index (χ3v) is 2.79. The van der Waals surface area contributed by atoms with Gasteiger partial charge in [-0.05, 0) is 12.8 Å². The van der Waals surface area contributed by atoms with E-state index < -0.39 is 11.4 Å². The Morgan fingerprint density at radius 2 is 1.85 bits per heavy atom. The summed E-state index contributed by atoms with van der Waals surface area (Å²) >= 11 is 0. The van der Waals surface area contributed by atoms with E-state index in [-0.39, 0.29) is 6.42 Å². The normalized spacial score (nSPS) is 21.5. The highest BCUT2D eigenvalue weighted by Gasteiger charge is 2.33. The predicted octanol–water partition coefficient (Wildman–Crippen LogP) is 2.33. The van der Waals surface area contributed by atoms with Gasteiger partial charge in [0.25, 0.3) is 0 Å². The molecule has 3 heteroatoms. The fourth-order valence-electron chi connectivity index (χ4n) is 2.02. The molecule has 0 aromatic heterocycles. The first kappa shape index (κ1) is 10.0. The van der Waals surface area contributed by atoms with Crippen molar-refractivity contribution in [1.29, 1.82) is 5.26 Å². The lowest BCUT2D eigenvalue weighted by Gasteiger charge is -2.21. The van der Waals surface area contributed by atoms with Crippen LogP contribution in [0.2, 0.25) is 0 Å². The van der Waals surface area contributed by atoms with Gasteiger partial charge in [0, 0.05) is 0 Å². The Hall–Kier alpha value is -1.04. The molecular weight excluding hydrogens is 166 g/mol. The Bertz CT molecular complexity index is 222. The van der Waals surface area contributed by atoms with Gasteiger partial charge in [0.05, 0.1) is 17.9 Å². The van der Waals surface area contributed by atoms with Crippen LogP contribution in [0.25, 0.3) is 0 Å². The Morgan fingerprint density at radius 3 is 2.23 bits per heavy atom. The minimum atomic E-state index is -0.844. The topological polar surface area (TPSA) is 61.1 Å². The molecule has 0 heterocycles. The lowest BCUT2D eigenvalue weighted by Crippen LogP contribution is -2.21. The Kier molecular flexibility index (Phi) is 3.30. The molecule has 1 fully saturated rings. The van der Waals surface area contributed by atoms with Crippen molar-refractivity contribution >= 4 is 5.97 Å². The number of hydrogen-bond acceptors (Lipinski definition) is 2. The maximum atomic E-state index is 10.6. The molecule has 1 aliphatic carbocycles. The predicted molar refractivity (Wildman–Crippen MR) is 48.0 cm³/mol. The SMILES string of the molecule is N#CC1(CC(=O)O)CCCCCC1. The van der Waals surface area contributed by atoms with Crippen LogP contribution in [-0.2, 0) is 4.79 Å². The molecule has 1 rings (SSSR count). The van der Waals surface area contributed by atoms with Crippen molar-refractivity contribution in [3.8, 4) is 6.07 Å². The molecule has 0 bridgehead atoms. The van der Waals surface area contributed by atoms with E-state index in [1.54, 1.807) is 0 Å². The number of hydrogen-bond donors (Lipinski definition) is 1. The van der Waals surface area contributed by atoms with E-state index in [2.05, 4.69) is 6.07 Å². The summed E-state index contributed by atoms with van der Waals surface area (Å²) in [7, 11) is 0. The lowest BCUT2D eigenvalue weighted by molar-refractivity contribution is -0.139. The summed E-state index contributed by atoms with van der Waals surface area (Å²) in [4.78, 5) is 10.6.